The van der Waals surface area contributed by atoms with Crippen LogP contribution in [0.3, 0.4) is 0 Å². The summed E-state index contributed by atoms with van der Waals surface area (Å²) in [5.41, 5.74) is 2.14. The fourth-order valence-electron chi connectivity index (χ4n) is 1.85. The monoisotopic (exact) mass is 303 g/mol. The summed E-state index contributed by atoms with van der Waals surface area (Å²) in [6, 6.07) is 9.75. The highest BCUT2D eigenvalue weighted by molar-refractivity contribution is 5.97. The third-order valence-corrected chi connectivity index (χ3v) is 3.05. The van der Waals surface area contributed by atoms with Gasteiger partial charge in [-0.3, -0.25) is 4.79 Å². The summed E-state index contributed by atoms with van der Waals surface area (Å²) in [5.74, 6) is -0.512. The van der Waals surface area contributed by atoms with Gasteiger partial charge in [-0.15, -0.1) is 0 Å². The van der Waals surface area contributed by atoms with E-state index in [1.54, 1.807) is 0 Å². The normalized spacial score (nSPS) is 10.9. The smallest absolute Gasteiger partial charge is 0.266 e. The van der Waals surface area contributed by atoms with E-state index in [9.17, 15) is 4.79 Å². The van der Waals surface area contributed by atoms with Crippen LogP contribution in [0, 0.1) is 18.3 Å². The third-order valence-electron chi connectivity index (χ3n) is 3.05. The second-order valence-corrected chi connectivity index (χ2v) is 4.78. The highest BCUT2D eigenvalue weighted by Crippen LogP contribution is 2.04. The van der Waals surface area contributed by atoms with Crippen LogP contribution in [0.4, 0.5) is 0 Å². The van der Waals surface area contributed by atoms with E-state index in [0.717, 1.165) is 11.1 Å². The van der Waals surface area contributed by atoms with E-state index >= 15 is 0 Å². The number of aryl methyl sites for hydroxylation is 1. The van der Waals surface area contributed by atoms with E-state index in [4.69, 9.17) is 15.5 Å². The number of aliphatic hydroxyl groups is 2. The van der Waals surface area contributed by atoms with Gasteiger partial charge < -0.3 is 20.4 Å². The first kappa shape index (κ1) is 17.7. The molecule has 6 nitrogen and oxygen atoms in total. The number of hydrogen-bond acceptors (Lipinski definition) is 5. The summed E-state index contributed by atoms with van der Waals surface area (Å²) in [7, 11) is 0. The minimum absolute atomic E-state index is 0.0611. The minimum Gasteiger partial charge on any atom is -0.395 e. The molecule has 1 aromatic carbocycles. The first-order chi connectivity index (χ1) is 10.6. The van der Waals surface area contributed by atoms with Crippen molar-refractivity contribution in [3.8, 4) is 6.07 Å². The van der Waals surface area contributed by atoms with Crippen molar-refractivity contribution in [1.29, 1.82) is 5.26 Å². The third kappa shape index (κ3) is 5.56. The second-order valence-electron chi connectivity index (χ2n) is 4.78. The maximum absolute atomic E-state index is 12.1. The summed E-state index contributed by atoms with van der Waals surface area (Å²) in [6.07, 6.45) is 1.37. The molecule has 1 rings (SSSR count). The number of nitrogens with zero attached hydrogens (tertiary/aromatic N) is 2. The van der Waals surface area contributed by atoms with Crippen LogP contribution in [-0.4, -0.2) is 47.3 Å². The lowest BCUT2D eigenvalue weighted by atomic mass is 10.1. The van der Waals surface area contributed by atoms with Crippen LogP contribution >= 0.6 is 0 Å². The fraction of sp³-hybridized carbons (Fsp3) is 0.375. The zero-order chi connectivity index (χ0) is 16.4. The van der Waals surface area contributed by atoms with Crippen molar-refractivity contribution >= 4 is 5.91 Å². The number of carbonyl (C=O) groups excluding carboxylic acids is 1. The lowest BCUT2D eigenvalue weighted by Crippen LogP contribution is -2.37. The molecule has 0 radical (unpaired) electrons. The first-order valence-electron chi connectivity index (χ1n) is 7.02. The Hall–Kier alpha value is -2.36. The molecule has 0 aliphatic carbocycles. The molecule has 6 heteroatoms. The van der Waals surface area contributed by atoms with Crippen molar-refractivity contribution in [3.63, 3.8) is 0 Å². The quantitative estimate of drug-likeness (QED) is 0.474. The number of benzene rings is 1. The minimum atomic E-state index is -0.512. The molecule has 0 aliphatic heterocycles. The van der Waals surface area contributed by atoms with Crippen molar-refractivity contribution in [2.45, 2.75) is 13.5 Å². The van der Waals surface area contributed by atoms with Crippen LogP contribution in [0.2, 0.25) is 0 Å². The Labute approximate surface area is 130 Å². The number of aliphatic hydroxyl groups excluding tert-OH is 2. The predicted molar refractivity (Wildman–Crippen MR) is 82.5 cm³/mol. The highest BCUT2D eigenvalue weighted by Gasteiger charge is 2.17. The van der Waals surface area contributed by atoms with Gasteiger partial charge in [0.1, 0.15) is 11.6 Å². The van der Waals surface area contributed by atoms with Crippen molar-refractivity contribution in [2.24, 2.45) is 0 Å². The van der Waals surface area contributed by atoms with E-state index < -0.39 is 5.91 Å². The molecule has 0 atom stereocenters. The molecule has 118 valence electrons. The van der Waals surface area contributed by atoms with E-state index in [1.807, 2.05) is 37.3 Å². The number of carbonyl (C=O) groups is 1. The Morgan fingerprint density at radius 1 is 1.27 bits per heavy atom. The lowest BCUT2D eigenvalue weighted by molar-refractivity contribution is -0.127. The van der Waals surface area contributed by atoms with Gasteiger partial charge in [-0.25, -0.2) is 0 Å². The zero-order valence-electron chi connectivity index (χ0n) is 12.6. The van der Waals surface area contributed by atoms with Gasteiger partial charge in [-0.1, -0.05) is 29.8 Å². The topological polar surface area (TPSA) is 96.6 Å². The Bertz CT molecular complexity index is 541. The van der Waals surface area contributed by atoms with Gasteiger partial charge in [0, 0.05) is 25.8 Å². The SMILES string of the molecule is Cc1ccc(CN/C=C(/C#N)C(=O)N(CCO)CCO)cc1. The van der Waals surface area contributed by atoms with E-state index in [2.05, 4.69) is 5.32 Å². The number of nitrogens with one attached hydrogen (secondary N) is 1. The van der Waals surface area contributed by atoms with E-state index in [0.29, 0.717) is 6.54 Å². The molecule has 0 unspecified atom stereocenters. The number of amides is 1. The van der Waals surface area contributed by atoms with Gasteiger partial charge >= 0.3 is 0 Å². The number of nitriles is 1. The molecule has 0 bridgehead atoms. The number of rotatable bonds is 8. The molecule has 3 N–H and O–H groups in total. The molecule has 0 aliphatic rings. The largest absolute Gasteiger partial charge is 0.395 e. The molecule has 0 heterocycles. The summed E-state index contributed by atoms with van der Waals surface area (Å²) in [6.45, 7) is 2.22. The molecule has 0 saturated heterocycles. The van der Waals surface area contributed by atoms with Crippen LogP contribution in [0.1, 0.15) is 11.1 Å². The Kier molecular flexibility index (Phi) is 7.68. The molecular formula is C16H21N3O3. The predicted octanol–water partition coefficient (Wildman–Crippen LogP) is 0.305. The van der Waals surface area contributed by atoms with E-state index in [1.165, 1.54) is 11.1 Å². The summed E-state index contributed by atoms with van der Waals surface area (Å²) >= 11 is 0. The van der Waals surface area contributed by atoms with Gasteiger partial charge in [0.05, 0.1) is 13.2 Å². The molecule has 0 spiro atoms. The van der Waals surface area contributed by atoms with Gasteiger partial charge in [0.2, 0.25) is 0 Å². The summed E-state index contributed by atoms with van der Waals surface area (Å²) in [5, 5.41) is 29.9. The van der Waals surface area contributed by atoms with Crippen LogP contribution in [0.15, 0.2) is 36.0 Å². The van der Waals surface area contributed by atoms with Gasteiger partial charge in [0.25, 0.3) is 5.91 Å². The lowest BCUT2D eigenvalue weighted by Gasteiger charge is -2.20. The average molecular weight is 303 g/mol. The Balaban J connectivity index is 2.67. The fourth-order valence-corrected chi connectivity index (χ4v) is 1.85. The number of hydrogen-bond donors (Lipinski definition) is 3. The molecule has 22 heavy (non-hydrogen) atoms. The zero-order valence-corrected chi connectivity index (χ0v) is 12.6. The van der Waals surface area contributed by atoms with Gasteiger partial charge in [-0.05, 0) is 12.5 Å². The molecule has 1 amide bonds. The molecule has 1 aromatic rings. The summed E-state index contributed by atoms with van der Waals surface area (Å²) in [4.78, 5) is 13.4. The maximum Gasteiger partial charge on any atom is 0.266 e. The van der Waals surface area contributed by atoms with Crippen LogP contribution in [0.25, 0.3) is 0 Å². The molecular weight excluding hydrogens is 282 g/mol. The molecule has 0 aromatic heterocycles. The van der Waals surface area contributed by atoms with Crippen LogP contribution in [-0.2, 0) is 11.3 Å². The average Bonchev–Trinajstić information content (AvgIpc) is 2.52. The molecule has 0 fully saturated rings. The van der Waals surface area contributed by atoms with Crippen molar-refractivity contribution in [1.82, 2.24) is 10.2 Å². The Morgan fingerprint density at radius 3 is 2.36 bits per heavy atom. The maximum atomic E-state index is 12.1. The van der Waals surface area contributed by atoms with Crippen LogP contribution < -0.4 is 5.32 Å². The second kappa shape index (κ2) is 9.55. The standard InChI is InChI=1S/C16H21N3O3/c1-13-2-4-14(5-3-13)11-18-12-15(10-17)16(22)19(6-8-20)7-9-21/h2-5,12,18,20-21H,6-9,11H2,1H3/b15-12-. The Morgan fingerprint density at radius 2 is 1.86 bits per heavy atom. The van der Waals surface area contributed by atoms with Crippen molar-refractivity contribution in [3.05, 3.63) is 47.2 Å². The van der Waals surface area contributed by atoms with Gasteiger partial charge in [0.15, 0.2) is 0 Å². The first-order valence-corrected chi connectivity index (χ1v) is 7.02. The summed E-state index contributed by atoms with van der Waals surface area (Å²) < 4.78 is 0. The molecule has 0 saturated carbocycles. The van der Waals surface area contributed by atoms with Crippen molar-refractivity contribution in [2.75, 3.05) is 26.3 Å². The van der Waals surface area contributed by atoms with Crippen molar-refractivity contribution < 1.29 is 15.0 Å². The van der Waals surface area contributed by atoms with E-state index in [-0.39, 0.29) is 31.9 Å². The van der Waals surface area contributed by atoms with Gasteiger partial charge in [-0.2, -0.15) is 5.26 Å². The highest BCUT2D eigenvalue weighted by atomic mass is 16.3. The van der Waals surface area contributed by atoms with Crippen LogP contribution in [0.5, 0.6) is 0 Å².